The Morgan fingerprint density at radius 2 is 2.06 bits per heavy atom. The number of carbonyl (C=O) groups is 1. The summed E-state index contributed by atoms with van der Waals surface area (Å²) in [7, 11) is 0. The number of hydrogen-bond donors (Lipinski definition) is 3. The van der Waals surface area contributed by atoms with Gasteiger partial charge in [0.1, 0.15) is 11.4 Å². The van der Waals surface area contributed by atoms with Crippen LogP contribution >= 0.6 is 11.5 Å². The maximum Gasteiger partial charge on any atom is 0.273 e. The smallest absolute Gasteiger partial charge is 0.273 e. The molecule has 0 atom stereocenters. The van der Waals surface area contributed by atoms with Crippen molar-refractivity contribution in [2.45, 2.75) is 26.2 Å². The highest BCUT2D eigenvalue weighted by Crippen LogP contribution is 2.34. The van der Waals surface area contributed by atoms with Crippen molar-refractivity contribution in [3.63, 3.8) is 0 Å². The van der Waals surface area contributed by atoms with Crippen LogP contribution in [-0.4, -0.2) is 53.5 Å². The number of halogens is 1. The first-order valence-electron chi connectivity index (χ1n) is 11.8. The van der Waals surface area contributed by atoms with Gasteiger partial charge in [0.2, 0.25) is 0 Å². The van der Waals surface area contributed by atoms with E-state index in [2.05, 4.69) is 19.6 Å². The molecule has 8 nitrogen and oxygen atoms in total. The molecule has 0 radical (unpaired) electrons. The van der Waals surface area contributed by atoms with Gasteiger partial charge in [-0.2, -0.15) is 9.47 Å². The van der Waals surface area contributed by atoms with Crippen molar-refractivity contribution in [2.24, 2.45) is 0 Å². The van der Waals surface area contributed by atoms with Crippen LogP contribution in [0.5, 0.6) is 5.75 Å². The molecule has 0 aliphatic carbocycles. The molecular weight excluding hydrogens is 479 g/mol. The van der Waals surface area contributed by atoms with Gasteiger partial charge >= 0.3 is 0 Å². The number of phenolic OH excluding ortho intramolecular Hbond substituents is 1. The fraction of sp³-hybridized carbons (Fsp3) is 0.231. The lowest BCUT2D eigenvalue weighted by atomic mass is 9.96. The topological polar surface area (TPSA) is 111 Å². The number of aromatic hydroxyl groups is 1. The third kappa shape index (κ3) is 3.83. The fourth-order valence-electron chi connectivity index (χ4n) is 4.79. The van der Waals surface area contributed by atoms with Crippen LogP contribution in [0.2, 0.25) is 0 Å². The first kappa shape index (κ1) is 22.4. The van der Waals surface area contributed by atoms with E-state index in [0.717, 1.165) is 39.0 Å². The minimum atomic E-state index is -0.642. The van der Waals surface area contributed by atoms with Gasteiger partial charge in [0.15, 0.2) is 17.4 Å². The Balaban J connectivity index is 1.27. The van der Waals surface area contributed by atoms with Crippen LogP contribution in [-0.2, 0) is 19.3 Å². The molecule has 0 saturated heterocycles. The van der Waals surface area contributed by atoms with E-state index in [4.69, 9.17) is 4.98 Å². The van der Waals surface area contributed by atoms with E-state index < -0.39 is 5.82 Å². The number of hydrogen-bond acceptors (Lipinski definition) is 6. The minimum Gasteiger partial charge on any atom is -0.505 e. The third-order valence-corrected chi connectivity index (χ3v) is 7.27. The Labute approximate surface area is 210 Å². The van der Waals surface area contributed by atoms with Crippen molar-refractivity contribution in [2.75, 3.05) is 13.1 Å². The van der Waals surface area contributed by atoms with E-state index in [1.165, 1.54) is 23.7 Å². The molecule has 4 heterocycles. The van der Waals surface area contributed by atoms with E-state index in [0.29, 0.717) is 49.6 Å². The number of carbonyl (C=O) groups excluding carboxylic acids is 1. The van der Waals surface area contributed by atoms with Crippen molar-refractivity contribution in [1.29, 1.82) is 0 Å². The predicted molar refractivity (Wildman–Crippen MR) is 136 cm³/mol. The van der Waals surface area contributed by atoms with Crippen LogP contribution in [0.4, 0.5) is 4.39 Å². The van der Waals surface area contributed by atoms with Gasteiger partial charge in [-0.3, -0.25) is 9.89 Å². The molecule has 182 valence electrons. The third-order valence-electron chi connectivity index (χ3n) is 6.71. The number of nitrogens with zero attached hydrogens (tertiary/aromatic N) is 4. The molecule has 0 saturated carbocycles. The van der Waals surface area contributed by atoms with Gasteiger partial charge in [0, 0.05) is 42.4 Å². The number of rotatable bonds is 4. The summed E-state index contributed by atoms with van der Waals surface area (Å²) in [4.78, 5) is 22.8. The Hall–Kier alpha value is -4.05. The van der Waals surface area contributed by atoms with Crippen LogP contribution in [0.1, 0.15) is 34.4 Å². The largest absolute Gasteiger partial charge is 0.505 e. The summed E-state index contributed by atoms with van der Waals surface area (Å²) in [6.07, 6.45) is 2.00. The molecule has 10 heteroatoms. The van der Waals surface area contributed by atoms with Crippen LogP contribution in [0, 0.1) is 5.82 Å². The average Bonchev–Trinajstić information content (AvgIpc) is 3.63. The maximum atomic E-state index is 14.1. The predicted octanol–water partition coefficient (Wildman–Crippen LogP) is 4.72. The average molecular weight is 503 g/mol. The van der Waals surface area contributed by atoms with Crippen LogP contribution < -0.4 is 0 Å². The van der Waals surface area contributed by atoms with Crippen LogP contribution in [0.3, 0.4) is 0 Å². The summed E-state index contributed by atoms with van der Waals surface area (Å²) in [5.41, 5.74) is 6.42. The molecule has 0 spiro atoms. The molecule has 6 rings (SSSR count). The van der Waals surface area contributed by atoms with Crippen molar-refractivity contribution >= 4 is 28.3 Å². The molecule has 2 aromatic carbocycles. The van der Waals surface area contributed by atoms with Gasteiger partial charge in [-0.25, -0.2) is 9.37 Å². The molecule has 36 heavy (non-hydrogen) atoms. The first-order chi connectivity index (χ1) is 17.5. The summed E-state index contributed by atoms with van der Waals surface area (Å²) in [6, 6.07) is 10.4. The Morgan fingerprint density at radius 1 is 1.19 bits per heavy atom. The molecule has 0 unspecified atom stereocenters. The normalized spacial score (nSPS) is 13.7. The molecule has 3 N–H and O–H groups in total. The van der Waals surface area contributed by atoms with Gasteiger partial charge < -0.3 is 15.0 Å². The summed E-state index contributed by atoms with van der Waals surface area (Å²) in [5, 5.41) is 20.1. The summed E-state index contributed by atoms with van der Waals surface area (Å²) < 4.78 is 18.3. The number of nitrogens with one attached hydrogen (secondary N) is 2. The van der Waals surface area contributed by atoms with Gasteiger partial charge in [-0.05, 0) is 65.0 Å². The summed E-state index contributed by atoms with van der Waals surface area (Å²) in [5.74, 6) is -0.344. The number of H-pyrrole nitrogens is 2. The molecule has 1 aliphatic rings. The van der Waals surface area contributed by atoms with E-state index >= 15 is 0 Å². The number of benzene rings is 2. The lowest BCUT2D eigenvalue weighted by Crippen LogP contribution is -2.33. The number of aryl methyl sites for hydroxylation is 1. The summed E-state index contributed by atoms with van der Waals surface area (Å²) in [6.45, 7) is 3.15. The second-order valence-electron chi connectivity index (χ2n) is 8.83. The number of amides is 1. The molecule has 5 aromatic rings. The standard InChI is InChI=1S/C26H23FN6O2S/c1-2-14-12-23(34)18(27)13-17(14)15-3-4-16-22(11-15)30-31-24(16)25-28-19-5-8-33(9-6-20(19)29-25)26(35)21-7-10-36-32-21/h3-4,7,10-13,34H,2,5-6,8-9H2,1H3,(H,28,29)(H,30,31). The van der Waals surface area contributed by atoms with E-state index in [-0.39, 0.29) is 11.7 Å². The second-order valence-corrected chi connectivity index (χ2v) is 9.50. The fourth-order valence-corrected chi connectivity index (χ4v) is 5.30. The molecule has 1 aliphatic heterocycles. The highest BCUT2D eigenvalue weighted by Gasteiger charge is 2.24. The van der Waals surface area contributed by atoms with Crippen molar-refractivity contribution in [1.82, 2.24) is 29.4 Å². The summed E-state index contributed by atoms with van der Waals surface area (Å²) >= 11 is 1.28. The number of aromatic amines is 2. The molecule has 0 fully saturated rings. The van der Waals surface area contributed by atoms with E-state index in [1.54, 1.807) is 6.07 Å². The van der Waals surface area contributed by atoms with E-state index in [9.17, 15) is 14.3 Å². The SMILES string of the molecule is CCc1cc(O)c(F)cc1-c1ccc2c(-c3nc4c([nH]3)CCN(C(=O)c3ccsn3)CC4)n[nH]c2c1. The maximum absolute atomic E-state index is 14.1. The molecule has 1 amide bonds. The quantitative estimate of drug-likeness (QED) is 0.329. The zero-order valence-corrected chi connectivity index (χ0v) is 20.3. The van der Waals surface area contributed by atoms with Crippen LogP contribution in [0.25, 0.3) is 33.5 Å². The van der Waals surface area contributed by atoms with Gasteiger partial charge in [-0.15, -0.1) is 0 Å². The lowest BCUT2D eigenvalue weighted by molar-refractivity contribution is 0.0758. The number of phenols is 1. The molecular formula is C26H23FN6O2S. The van der Waals surface area contributed by atoms with Crippen molar-refractivity contribution < 1.29 is 14.3 Å². The zero-order valence-electron chi connectivity index (χ0n) is 19.5. The highest BCUT2D eigenvalue weighted by atomic mass is 32.1. The zero-order chi connectivity index (χ0) is 24.8. The van der Waals surface area contributed by atoms with Crippen LogP contribution in [0.15, 0.2) is 41.8 Å². The minimum absolute atomic E-state index is 0.0459. The highest BCUT2D eigenvalue weighted by molar-refractivity contribution is 7.03. The lowest BCUT2D eigenvalue weighted by Gasteiger charge is -2.18. The van der Waals surface area contributed by atoms with E-state index in [1.807, 2.05) is 35.4 Å². The van der Waals surface area contributed by atoms with Gasteiger partial charge in [-0.1, -0.05) is 13.0 Å². The monoisotopic (exact) mass is 502 g/mol. The number of fused-ring (bicyclic) bond motifs is 2. The molecule has 3 aromatic heterocycles. The van der Waals surface area contributed by atoms with Crippen molar-refractivity contribution in [3.05, 3.63) is 70.2 Å². The Bertz CT molecular complexity index is 1560. The van der Waals surface area contributed by atoms with Crippen molar-refractivity contribution in [3.8, 4) is 28.4 Å². The Morgan fingerprint density at radius 3 is 2.86 bits per heavy atom. The Kier molecular flexibility index (Phi) is 5.52. The van der Waals surface area contributed by atoms with Gasteiger partial charge in [0.05, 0.1) is 11.2 Å². The van der Waals surface area contributed by atoms with Gasteiger partial charge in [0.25, 0.3) is 5.91 Å². The number of imidazole rings is 1. The second kappa shape index (κ2) is 8.87. The number of aromatic nitrogens is 5. The first-order valence-corrected chi connectivity index (χ1v) is 12.6. The molecule has 0 bridgehead atoms.